The van der Waals surface area contributed by atoms with Gasteiger partial charge in [-0.2, -0.15) is 4.98 Å². The molecule has 1 saturated heterocycles. The van der Waals surface area contributed by atoms with E-state index in [1.54, 1.807) is 6.92 Å². The van der Waals surface area contributed by atoms with E-state index in [1.165, 1.54) is 17.7 Å². The second-order valence-electron chi connectivity index (χ2n) is 5.56. The summed E-state index contributed by atoms with van der Waals surface area (Å²) in [5, 5.41) is 9.38. The third kappa shape index (κ3) is 2.69. The summed E-state index contributed by atoms with van der Waals surface area (Å²) >= 11 is 0.947. The van der Waals surface area contributed by atoms with Crippen LogP contribution in [0.4, 0.5) is 5.95 Å². The van der Waals surface area contributed by atoms with Gasteiger partial charge in [0.05, 0.1) is 23.6 Å². The van der Waals surface area contributed by atoms with Gasteiger partial charge in [-0.05, 0) is 6.92 Å². The largest absolute Gasteiger partial charge is 0.455 e. The number of esters is 1. The van der Waals surface area contributed by atoms with Crippen molar-refractivity contribution in [3.05, 3.63) is 15.9 Å². The molecule has 0 bridgehead atoms. The summed E-state index contributed by atoms with van der Waals surface area (Å²) in [6, 6.07) is 0. The molecule has 1 fully saturated rings. The van der Waals surface area contributed by atoms with E-state index in [1.807, 2.05) is 0 Å². The summed E-state index contributed by atoms with van der Waals surface area (Å²) in [5.41, 5.74) is 4.82. The summed E-state index contributed by atoms with van der Waals surface area (Å²) in [6.07, 6.45) is 0.268. The van der Waals surface area contributed by atoms with Crippen LogP contribution in [0.15, 0.2) is 11.0 Å². The van der Waals surface area contributed by atoms with Crippen LogP contribution in [0.3, 0.4) is 0 Å². The van der Waals surface area contributed by atoms with Gasteiger partial charge in [0.2, 0.25) is 5.95 Å². The fourth-order valence-corrected chi connectivity index (χ4v) is 3.65. The molecule has 0 aliphatic carbocycles. The zero-order chi connectivity index (χ0) is 16.8. The van der Waals surface area contributed by atoms with E-state index < -0.39 is 23.9 Å². The molecule has 2 unspecified atom stereocenters. The number of aliphatic hydroxyl groups is 1. The van der Waals surface area contributed by atoms with Gasteiger partial charge in [0.1, 0.15) is 0 Å². The number of thiazole rings is 1. The van der Waals surface area contributed by atoms with Gasteiger partial charge in [-0.25, -0.2) is 4.98 Å². The molecule has 124 valence electrons. The molecular weight excluding hydrogens is 324 g/mol. The molecule has 0 spiro atoms. The Bertz CT molecular complexity index is 818. The molecule has 9 nitrogen and oxygen atoms in total. The van der Waals surface area contributed by atoms with Crippen LogP contribution in [0.1, 0.15) is 26.5 Å². The number of carbonyl (C=O) groups excluding carboxylic acids is 1. The number of hydrogen-bond acceptors (Lipinski definition) is 9. The van der Waals surface area contributed by atoms with Crippen molar-refractivity contribution in [2.24, 2.45) is 0 Å². The smallest absolute Gasteiger partial charge is 0.311 e. The highest BCUT2D eigenvalue weighted by Crippen LogP contribution is 2.41. The van der Waals surface area contributed by atoms with Crippen LogP contribution in [-0.4, -0.2) is 43.9 Å². The SMILES string of the molecule is CC(=O)O[C@]1(C)CC(CO)OC1n1c(=O)sc2cnc(N)nc21. The molecule has 3 rings (SSSR count). The molecule has 0 aromatic carbocycles. The Labute approximate surface area is 134 Å². The second-order valence-corrected chi connectivity index (χ2v) is 6.55. The van der Waals surface area contributed by atoms with Crippen LogP contribution in [0.25, 0.3) is 10.3 Å². The maximum absolute atomic E-state index is 12.4. The molecule has 3 heterocycles. The van der Waals surface area contributed by atoms with Crippen LogP contribution < -0.4 is 10.6 Å². The molecule has 10 heteroatoms. The van der Waals surface area contributed by atoms with Crippen LogP contribution in [-0.2, 0) is 14.3 Å². The Morgan fingerprint density at radius 2 is 2.43 bits per heavy atom. The van der Waals surface area contributed by atoms with Crippen LogP contribution in [0.5, 0.6) is 0 Å². The maximum Gasteiger partial charge on any atom is 0.311 e. The number of anilines is 1. The molecule has 2 aromatic rings. The van der Waals surface area contributed by atoms with E-state index in [2.05, 4.69) is 9.97 Å². The van der Waals surface area contributed by atoms with Crippen molar-refractivity contribution in [1.29, 1.82) is 0 Å². The molecule has 3 N–H and O–H groups in total. The van der Waals surface area contributed by atoms with Gasteiger partial charge >= 0.3 is 10.8 Å². The zero-order valence-electron chi connectivity index (χ0n) is 12.6. The lowest BCUT2D eigenvalue weighted by atomic mass is 9.99. The lowest BCUT2D eigenvalue weighted by Crippen LogP contribution is -2.40. The number of rotatable bonds is 3. The molecule has 3 atom stereocenters. The molecular formula is C13H16N4O5S. The number of aliphatic hydroxyl groups excluding tert-OH is 1. The Hall–Kier alpha value is -2.04. The van der Waals surface area contributed by atoms with Gasteiger partial charge in [0, 0.05) is 13.3 Å². The highest BCUT2D eigenvalue weighted by atomic mass is 32.1. The Kier molecular flexibility index (Phi) is 3.82. The minimum atomic E-state index is -1.10. The first-order valence-corrected chi connectivity index (χ1v) is 7.75. The van der Waals surface area contributed by atoms with Gasteiger partial charge in [-0.3, -0.25) is 14.2 Å². The van der Waals surface area contributed by atoms with E-state index in [4.69, 9.17) is 15.2 Å². The summed E-state index contributed by atoms with van der Waals surface area (Å²) in [5.74, 6) is -0.476. The number of fused-ring (bicyclic) bond motifs is 1. The first-order chi connectivity index (χ1) is 10.8. The van der Waals surface area contributed by atoms with Crippen molar-refractivity contribution >= 4 is 33.6 Å². The number of carbonyl (C=O) groups is 1. The second kappa shape index (κ2) is 5.55. The van der Waals surface area contributed by atoms with Gasteiger partial charge in [0.25, 0.3) is 0 Å². The average molecular weight is 340 g/mol. The summed E-state index contributed by atoms with van der Waals surface area (Å²) in [7, 11) is 0. The number of nitrogen functional groups attached to an aromatic ring is 1. The van der Waals surface area contributed by atoms with E-state index in [0.29, 0.717) is 10.3 Å². The summed E-state index contributed by atoms with van der Waals surface area (Å²) in [4.78, 5) is 31.5. The number of aromatic nitrogens is 3. The predicted molar refractivity (Wildman–Crippen MR) is 81.9 cm³/mol. The monoisotopic (exact) mass is 340 g/mol. The maximum atomic E-state index is 12.4. The summed E-state index contributed by atoms with van der Waals surface area (Å²) in [6.45, 7) is 2.69. The lowest BCUT2D eigenvalue weighted by molar-refractivity contribution is -0.167. The lowest BCUT2D eigenvalue weighted by Gasteiger charge is -2.29. The molecule has 2 aromatic heterocycles. The van der Waals surface area contributed by atoms with E-state index in [0.717, 1.165) is 11.3 Å². The summed E-state index contributed by atoms with van der Waals surface area (Å²) < 4.78 is 13.0. The van der Waals surface area contributed by atoms with Crippen molar-refractivity contribution in [3.63, 3.8) is 0 Å². The van der Waals surface area contributed by atoms with Crippen LogP contribution in [0.2, 0.25) is 0 Å². The quantitative estimate of drug-likeness (QED) is 0.749. The molecule has 23 heavy (non-hydrogen) atoms. The van der Waals surface area contributed by atoms with E-state index >= 15 is 0 Å². The van der Waals surface area contributed by atoms with Crippen molar-refractivity contribution in [2.45, 2.75) is 38.2 Å². The normalized spacial score (nSPS) is 27.4. The third-order valence-electron chi connectivity index (χ3n) is 3.67. The van der Waals surface area contributed by atoms with Crippen LogP contribution in [0, 0.1) is 0 Å². The van der Waals surface area contributed by atoms with E-state index in [9.17, 15) is 14.7 Å². The zero-order valence-corrected chi connectivity index (χ0v) is 13.4. The first-order valence-electron chi connectivity index (χ1n) is 6.93. The van der Waals surface area contributed by atoms with Gasteiger partial charge in [-0.15, -0.1) is 0 Å². The minimum Gasteiger partial charge on any atom is -0.455 e. The fraction of sp³-hybridized carbons (Fsp3) is 0.538. The predicted octanol–water partition coefficient (Wildman–Crippen LogP) is 0.0368. The van der Waals surface area contributed by atoms with Crippen LogP contribution >= 0.6 is 11.3 Å². The Balaban J connectivity index is 2.15. The highest BCUT2D eigenvalue weighted by Gasteiger charge is 2.50. The molecule has 1 aliphatic heterocycles. The topological polar surface area (TPSA) is 130 Å². The number of ether oxygens (including phenoxy) is 2. The molecule has 1 aliphatic rings. The minimum absolute atomic E-state index is 0.0231. The van der Waals surface area contributed by atoms with Crippen molar-refractivity contribution < 1.29 is 19.4 Å². The number of hydrogen-bond donors (Lipinski definition) is 2. The van der Waals surface area contributed by atoms with Gasteiger partial charge in [0.15, 0.2) is 17.5 Å². The molecule has 0 amide bonds. The Morgan fingerprint density at radius 3 is 3.09 bits per heavy atom. The van der Waals surface area contributed by atoms with Crippen molar-refractivity contribution in [1.82, 2.24) is 14.5 Å². The first kappa shape index (κ1) is 15.8. The number of nitrogens with zero attached hydrogens (tertiary/aromatic N) is 3. The molecule has 0 saturated carbocycles. The van der Waals surface area contributed by atoms with Crippen molar-refractivity contribution in [3.8, 4) is 0 Å². The average Bonchev–Trinajstić information content (AvgIpc) is 2.94. The highest BCUT2D eigenvalue weighted by molar-refractivity contribution is 7.16. The molecule has 0 radical (unpaired) electrons. The van der Waals surface area contributed by atoms with Gasteiger partial charge < -0.3 is 20.3 Å². The third-order valence-corrected chi connectivity index (χ3v) is 4.55. The van der Waals surface area contributed by atoms with Crippen molar-refractivity contribution in [2.75, 3.05) is 12.3 Å². The fourth-order valence-electron chi connectivity index (χ4n) is 2.85. The van der Waals surface area contributed by atoms with E-state index in [-0.39, 0.29) is 23.8 Å². The Morgan fingerprint density at radius 1 is 1.70 bits per heavy atom. The number of nitrogens with two attached hydrogens (primary N) is 1. The standard InChI is InChI=1S/C13H16N4O5S/c1-6(19)22-13(2)3-7(5-18)21-10(13)17-9-8(23-12(17)20)4-15-11(14)16-9/h4,7,10,18H,3,5H2,1-2H3,(H2,14,15,16)/t7?,10?,13-/m1/s1. The van der Waals surface area contributed by atoms with Gasteiger partial charge in [-0.1, -0.05) is 11.3 Å².